The normalized spacial score (nSPS) is 14.3. The van der Waals surface area contributed by atoms with Crippen molar-refractivity contribution in [3.05, 3.63) is 30.3 Å². The van der Waals surface area contributed by atoms with Gasteiger partial charge in [-0.25, -0.2) is 0 Å². The Hall–Kier alpha value is -1.31. The number of carbonyl (C=O) groups excluding carboxylic acids is 1. The highest BCUT2D eigenvalue weighted by Gasteiger charge is 2.29. The molecule has 0 spiro atoms. The number of para-hydroxylation sites is 1. The molecule has 1 unspecified atom stereocenters. The van der Waals surface area contributed by atoms with Gasteiger partial charge >= 0.3 is 0 Å². The number of Topliss-reactive ketones (excluding diaryl/α,β-unsaturated/α-hetero) is 1. The molecule has 1 N–H and O–H groups in total. The molecule has 100 valence electrons. The predicted octanol–water partition coefficient (Wildman–Crippen LogP) is 4.13. The molecule has 1 atom stereocenters. The molecule has 1 aromatic carbocycles. The standard InChI is InChI=1S/C16H25NO/c1-13(2)10-11-16(4,14(3)18)12-17-15-8-6-5-7-9-15/h5-9,13,17H,10-12H2,1-4H3. The lowest BCUT2D eigenvalue weighted by atomic mass is 9.80. The molecule has 0 radical (unpaired) electrons. The van der Waals surface area contributed by atoms with E-state index in [1.54, 1.807) is 6.92 Å². The third kappa shape index (κ3) is 4.52. The van der Waals surface area contributed by atoms with E-state index in [-0.39, 0.29) is 11.2 Å². The summed E-state index contributed by atoms with van der Waals surface area (Å²) in [6.45, 7) is 8.87. The van der Waals surface area contributed by atoms with E-state index in [0.29, 0.717) is 12.5 Å². The van der Waals surface area contributed by atoms with Crippen molar-refractivity contribution in [2.45, 2.75) is 40.5 Å². The highest BCUT2D eigenvalue weighted by atomic mass is 16.1. The zero-order valence-corrected chi connectivity index (χ0v) is 12.0. The molecule has 0 amide bonds. The zero-order chi connectivity index (χ0) is 13.6. The van der Waals surface area contributed by atoms with Crippen molar-refractivity contribution in [2.24, 2.45) is 11.3 Å². The Morgan fingerprint density at radius 2 is 1.89 bits per heavy atom. The van der Waals surface area contributed by atoms with Gasteiger partial charge in [0.15, 0.2) is 0 Å². The van der Waals surface area contributed by atoms with Crippen LogP contribution < -0.4 is 5.32 Å². The number of anilines is 1. The van der Waals surface area contributed by atoms with Gasteiger partial charge in [0.2, 0.25) is 0 Å². The van der Waals surface area contributed by atoms with Crippen LogP contribution in [0.2, 0.25) is 0 Å². The van der Waals surface area contributed by atoms with E-state index in [1.807, 2.05) is 30.3 Å². The fourth-order valence-electron chi connectivity index (χ4n) is 1.85. The van der Waals surface area contributed by atoms with Crippen LogP contribution in [-0.2, 0) is 4.79 Å². The Bertz CT molecular complexity index is 372. The van der Waals surface area contributed by atoms with Crippen molar-refractivity contribution in [3.63, 3.8) is 0 Å². The molecular weight excluding hydrogens is 222 g/mol. The van der Waals surface area contributed by atoms with Gasteiger partial charge in [0.1, 0.15) is 5.78 Å². The summed E-state index contributed by atoms with van der Waals surface area (Å²) in [5.41, 5.74) is 0.814. The van der Waals surface area contributed by atoms with Crippen LogP contribution in [0.3, 0.4) is 0 Å². The third-order valence-corrected chi connectivity index (χ3v) is 3.58. The second-order valence-corrected chi connectivity index (χ2v) is 5.77. The van der Waals surface area contributed by atoms with Gasteiger partial charge in [0.05, 0.1) is 0 Å². The minimum atomic E-state index is -0.264. The minimum absolute atomic E-state index is 0.264. The largest absolute Gasteiger partial charge is 0.384 e. The second kappa shape index (κ2) is 6.58. The van der Waals surface area contributed by atoms with E-state index in [2.05, 4.69) is 26.1 Å². The summed E-state index contributed by atoms with van der Waals surface area (Å²) in [5.74, 6) is 0.909. The van der Waals surface area contributed by atoms with E-state index in [9.17, 15) is 4.79 Å². The van der Waals surface area contributed by atoms with E-state index in [0.717, 1.165) is 18.5 Å². The molecule has 0 bridgehead atoms. The molecule has 18 heavy (non-hydrogen) atoms. The highest BCUT2D eigenvalue weighted by Crippen LogP contribution is 2.27. The van der Waals surface area contributed by atoms with Crippen molar-refractivity contribution < 1.29 is 4.79 Å². The van der Waals surface area contributed by atoms with Crippen molar-refractivity contribution in [1.29, 1.82) is 0 Å². The quantitative estimate of drug-likeness (QED) is 0.785. The van der Waals surface area contributed by atoms with Crippen LogP contribution in [0.5, 0.6) is 0 Å². The lowest BCUT2D eigenvalue weighted by Gasteiger charge is -2.28. The molecule has 0 aromatic heterocycles. The Balaban J connectivity index is 2.60. The Morgan fingerprint density at radius 3 is 2.39 bits per heavy atom. The van der Waals surface area contributed by atoms with Gasteiger partial charge < -0.3 is 5.32 Å². The summed E-state index contributed by atoms with van der Waals surface area (Å²) < 4.78 is 0. The summed E-state index contributed by atoms with van der Waals surface area (Å²) in [5, 5.41) is 3.37. The first-order valence-electron chi connectivity index (χ1n) is 6.74. The van der Waals surface area contributed by atoms with Gasteiger partial charge in [-0.1, -0.05) is 39.0 Å². The van der Waals surface area contributed by atoms with Crippen molar-refractivity contribution in [3.8, 4) is 0 Å². The number of hydrogen-bond donors (Lipinski definition) is 1. The summed E-state index contributed by atoms with van der Waals surface area (Å²) in [6.07, 6.45) is 2.03. The van der Waals surface area contributed by atoms with E-state index >= 15 is 0 Å². The number of ketones is 1. The van der Waals surface area contributed by atoms with Crippen molar-refractivity contribution in [2.75, 3.05) is 11.9 Å². The van der Waals surface area contributed by atoms with Gasteiger partial charge in [-0.2, -0.15) is 0 Å². The number of hydrogen-bond acceptors (Lipinski definition) is 2. The Kier molecular flexibility index (Phi) is 5.39. The molecule has 0 aliphatic rings. The first kappa shape index (κ1) is 14.7. The molecule has 0 heterocycles. The maximum atomic E-state index is 11.9. The monoisotopic (exact) mass is 247 g/mol. The predicted molar refractivity (Wildman–Crippen MR) is 77.8 cm³/mol. The van der Waals surface area contributed by atoms with Crippen LogP contribution in [0.1, 0.15) is 40.5 Å². The first-order valence-corrected chi connectivity index (χ1v) is 6.74. The molecule has 0 saturated carbocycles. The third-order valence-electron chi connectivity index (χ3n) is 3.58. The number of rotatable bonds is 7. The fourth-order valence-corrected chi connectivity index (χ4v) is 1.85. The van der Waals surface area contributed by atoms with Gasteiger partial charge in [0.25, 0.3) is 0 Å². The molecule has 0 aliphatic carbocycles. The van der Waals surface area contributed by atoms with Crippen molar-refractivity contribution >= 4 is 11.5 Å². The van der Waals surface area contributed by atoms with Crippen LogP contribution in [-0.4, -0.2) is 12.3 Å². The molecule has 1 aromatic rings. The summed E-state index contributed by atoms with van der Waals surface area (Å²) >= 11 is 0. The van der Waals surface area contributed by atoms with Crippen LogP contribution >= 0.6 is 0 Å². The van der Waals surface area contributed by atoms with E-state index < -0.39 is 0 Å². The van der Waals surface area contributed by atoms with Crippen LogP contribution in [0, 0.1) is 11.3 Å². The average molecular weight is 247 g/mol. The topological polar surface area (TPSA) is 29.1 Å². The maximum absolute atomic E-state index is 11.9. The zero-order valence-electron chi connectivity index (χ0n) is 12.0. The van der Waals surface area contributed by atoms with E-state index in [1.165, 1.54) is 0 Å². The van der Waals surface area contributed by atoms with Gasteiger partial charge in [0, 0.05) is 17.6 Å². The molecular formula is C16H25NO. The van der Waals surface area contributed by atoms with Crippen molar-refractivity contribution in [1.82, 2.24) is 0 Å². The minimum Gasteiger partial charge on any atom is -0.384 e. The van der Waals surface area contributed by atoms with Crippen LogP contribution in [0.25, 0.3) is 0 Å². The molecule has 2 heteroatoms. The molecule has 0 saturated heterocycles. The number of carbonyl (C=O) groups is 1. The van der Waals surface area contributed by atoms with Gasteiger partial charge in [-0.05, 0) is 37.8 Å². The first-order chi connectivity index (χ1) is 8.44. The van der Waals surface area contributed by atoms with Crippen LogP contribution in [0.15, 0.2) is 30.3 Å². The SMILES string of the molecule is CC(=O)C(C)(CCC(C)C)CNc1ccccc1. The average Bonchev–Trinajstić information content (AvgIpc) is 2.35. The lowest BCUT2D eigenvalue weighted by Crippen LogP contribution is -2.34. The number of nitrogens with one attached hydrogen (secondary N) is 1. The second-order valence-electron chi connectivity index (χ2n) is 5.77. The summed E-state index contributed by atoms with van der Waals surface area (Å²) in [4.78, 5) is 11.9. The molecule has 1 rings (SSSR count). The van der Waals surface area contributed by atoms with E-state index in [4.69, 9.17) is 0 Å². The molecule has 0 fully saturated rings. The Labute approximate surface area is 111 Å². The lowest BCUT2D eigenvalue weighted by molar-refractivity contribution is -0.125. The summed E-state index contributed by atoms with van der Waals surface area (Å²) in [7, 11) is 0. The molecule has 2 nitrogen and oxygen atoms in total. The maximum Gasteiger partial charge on any atom is 0.137 e. The highest BCUT2D eigenvalue weighted by molar-refractivity contribution is 5.82. The van der Waals surface area contributed by atoms with Gasteiger partial charge in [-0.3, -0.25) is 4.79 Å². The van der Waals surface area contributed by atoms with Gasteiger partial charge in [-0.15, -0.1) is 0 Å². The number of benzene rings is 1. The fraction of sp³-hybridized carbons (Fsp3) is 0.562. The molecule has 0 aliphatic heterocycles. The summed E-state index contributed by atoms with van der Waals surface area (Å²) in [6, 6.07) is 10.1. The smallest absolute Gasteiger partial charge is 0.137 e. The van der Waals surface area contributed by atoms with Crippen LogP contribution in [0.4, 0.5) is 5.69 Å². The Morgan fingerprint density at radius 1 is 1.28 bits per heavy atom.